The Morgan fingerprint density at radius 2 is 1.97 bits per heavy atom. The lowest BCUT2D eigenvalue weighted by Crippen LogP contribution is -2.47. The van der Waals surface area contributed by atoms with Crippen LogP contribution in [-0.4, -0.2) is 55.5 Å². The molecule has 2 fully saturated rings. The third-order valence-electron chi connectivity index (χ3n) is 6.65. The Bertz CT molecular complexity index is 813. The summed E-state index contributed by atoms with van der Waals surface area (Å²) in [4.78, 5) is 39.5. The number of carbonyl (C=O) groups is 3. The van der Waals surface area contributed by atoms with Crippen LogP contribution in [0.15, 0.2) is 24.3 Å². The molecular formula is C25H36FN3O4. The number of nitrogens with one attached hydrogen (secondary N) is 2. The minimum absolute atomic E-state index is 0.0261. The molecule has 2 aliphatic rings. The second-order valence-corrected chi connectivity index (χ2v) is 9.02. The van der Waals surface area contributed by atoms with Crippen molar-refractivity contribution >= 4 is 17.8 Å². The van der Waals surface area contributed by atoms with E-state index in [2.05, 4.69) is 10.6 Å². The molecule has 2 N–H and O–H groups in total. The molecule has 2 heterocycles. The van der Waals surface area contributed by atoms with Gasteiger partial charge < -0.3 is 20.3 Å². The molecule has 7 nitrogen and oxygen atoms in total. The molecule has 33 heavy (non-hydrogen) atoms. The van der Waals surface area contributed by atoms with Gasteiger partial charge in [0.25, 0.3) is 0 Å². The molecule has 0 spiro atoms. The largest absolute Gasteiger partial charge is 0.466 e. The summed E-state index contributed by atoms with van der Waals surface area (Å²) in [6.45, 7) is 4.44. The van der Waals surface area contributed by atoms with Crippen molar-refractivity contribution in [3.63, 3.8) is 0 Å². The van der Waals surface area contributed by atoms with E-state index in [0.29, 0.717) is 12.5 Å². The number of hydrogen-bond acceptors (Lipinski definition) is 5. The first-order valence-corrected chi connectivity index (χ1v) is 12.2. The van der Waals surface area contributed by atoms with E-state index < -0.39 is 23.7 Å². The van der Waals surface area contributed by atoms with E-state index in [4.69, 9.17) is 4.74 Å². The molecule has 8 heteroatoms. The van der Waals surface area contributed by atoms with Crippen LogP contribution in [0, 0.1) is 17.7 Å². The van der Waals surface area contributed by atoms with Crippen LogP contribution in [-0.2, 0) is 19.1 Å². The Morgan fingerprint density at radius 3 is 2.70 bits per heavy atom. The van der Waals surface area contributed by atoms with Gasteiger partial charge in [-0.1, -0.05) is 18.2 Å². The number of hydrogen-bond donors (Lipinski definition) is 2. The Morgan fingerprint density at radius 1 is 1.21 bits per heavy atom. The van der Waals surface area contributed by atoms with Crippen molar-refractivity contribution in [2.24, 2.45) is 11.8 Å². The first kappa shape index (κ1) is 25.1. The number of ether oxygens (including phenoxy) is 1. The normalized spacial score (nSPS) is 20.4. The smallest absolute Gasteiger partial charge is 0.308 e. The van der Waals surface area contributed by atoms with Crippen LogP contribution < -0.4 is 10.6 Å². The van der Waals surface area contributed by atoms with Gasteiger partial charge in [-0.3, -0.25) is 14.4 Å². The van der Waals surface area contributed by atoms with E-state index >= 15 is 0 Å². The number of likely N-dealkylation sites (tertiary alicyclic amines) is 1. The third-order valence-corrected chi connectivity index (χ3v) is 6.65. The van der Waals surface area contributed by atoms with Crippen molar-refractivity contribution in [3.05, 3.63) is 35.6 Å². The van der Waals surface area contributed by atoms with Gasteiger partial charge in [0.15, 0.2) is 0 Å². The van der Waals surface area contributed by atoms with Crippen molar-refractivity contribution in [1.82, 2.24) is 15.5 Å². The Balaban J connectivity index is 1.57. The van der Waals surface area contributed by atoms with Gasteiger partial charge in [0, 0.05) is 18.0 Å². The van der Waals surface area contributed by atoms with Gasteiger partial charge in [0.05, 0.1) is 25.6 Å². The molecule has 2 unspecified atom stereocenters. The maximum atomic E-state index is 14.4. The summed E-state index contributed by atoms with van der Waals surface area (Å²) < 4.78 is 19.4. The SMILES string of the molecule is CCOC(=O)CC(NC(=O)CN1CCCC(CCC2CCNCC2)C1=O)c1ccccc1F. The number of esters is 1. The lowest BCUT2D eigenvalue weighted by molar-refractivity contribution is -0.145. The van der Waals surface area contributed by atoms with Crippen LogP contribution in [0.2, 0.25) is 0 Å². The fourth-order valence-corrected chi connectivity index (χ4v) is 4.85. The van der Waals surface area contributed by atoms with E-state index in [1.54, 1.807) is 30.0 Å². The average molecular weight is 462 g/mol. The second-order valence-electron chi connectivity index (χ2n) is 9.02. The predicted molar refractivity (Wildman–Crippen MR) is 123 cm³/mol. The lowest BCUT2D eigenvalue weighted by Gasteiger charge is -2.33. The molecule has 0 bridgehead atoms. The minimum Gasteiger partial charge on any atom is -0.466 e. The number of carbonyl (C=O) groups excluding carboxylic acids is 3. The first-order valence-electron chi connectivity index (χ1n) is 12.2. The number of piperidine rings is 2. The summed E-state index contributed by atoms with van der Waals surface area (Å²) >= 11 is 0. The number of halogens is 1. The number of rotatable bonds is 10. The molecule has 2 saturated heterocycles. The van der Waals surface area contributed by atoms with E-state index in [1.165, 1.54) is 6.07 Å². The maximum absolute atomic E-state index is 14.4. The van der Waals surface area contributed by atoms with Gasteiger partial charge in [-0.05, 0) is 70.5 Å². The Kier molecular flexibility index (Phi) is 9.66. The molecule has 0 aromatic heterocycles. The van der Waals surface area contributed by atoms with Gasteiger partial charge >= 0.3 is 5.97 Å². The molecule has 1 aromatic carbocycles. The van der Waals surface area contributed by atoms with E-state index in [1.807, 2.05) is 0 Å². The van der Waals surface area contributed by atoms with Crippen molar-refractivity contribution in [1.29, 1.82) is 0 Å². The van der Waals surface area contributed by atoms with Crippen LogP contribution in [0.5, 0.6) is 0 Å². The zero-order chi connectivity index (χ0) is 23.6. The van der Waals surface area contributed by atoms with E-state index in [0.717, 1.165) is 51.6 Å². The van der Waals surface area contributed by atoms with Gasteiger partial charge in [-0.2, -0.15) is 0 Å². The third kappa shape index (κ3) is 7.52. The molecule has 0 aliphatic carbocycles. The van der Waals surface area contributed by atoms with Gasteiger partial charge in [0.2, 0.25) is 11.8 Å². The lowest BCUT2D eigenvalue weighted by atomic mass is 9.86. The summed E-state index contributed by atoms with van der Waals surface area (Å²) in [6.07, 6.45) is 5.79. The number of amides is 2. The summed E-state index contributed by atoms with van der Waals surface area (Å²) in [6, 6.07) is 5.19. The van der Waals surface area contributed by atoms with Gasteiger partial charge in [-0.15, -0.1) is 0 Å². The quantitative estimate of drug-likeness (QED) is 0.523. The molecule has 2 atom stereocenters. The van der Waals surface area contributed by atoms with Gasteiger partial charge in [-0.25, -0.2) is 4.39 Å². The van der Waals surface area contributed by atoms with Gasteiger partial charge in [0.1, 0.15) is 5.82 Å². The van der Waals surface area contributed by atoms with E-state index in [9.17, 15) is 18.8 Å². The Hall–Kier alpha value is -2.48. The number of nitrogens with zero attached hydrogens (tertiary/aromatic N) is 1. The maximum Gasteiger partial charge on any atom is 0.308 e. The highest BCUT2D eigenvalue weighted by Gasteiger charge is 2.31. The van der Waals surface area contributed by atoms with Crippen LogP contribution >= 0.6 is 0 Å². The molecule has 182 valence electrons. The molecule has 0 radical (unpaired) electrons. The van der Waals surface area contributed by atoms with E-state index in [-0.39, 0.29) is 37.0 Å². The average Bonchev–Trinajstić information content (AvgIpc) is 2.80. The molecule has 0 saturated carbocycles. The molecular weight excluding hydrogens is 425 g/mol. The molecule has 1 aromatic rings. The minimum atomic E-state index is -0.853. The first-order chi connectivity index (χ1) is 16.0. The highest BCUT2D eigenvalue weighted by Crippen LogP contribution is 2.27. The summed E-state index contributed by atoms with van der Waals surface area (Å²) in [5.41, 5.74) is 0.226. The number of benzene rings is 1. The second kappa shape index (κ2) is 12.7. The molecule has 3 rings (SSSR count). The van der Waals surface area contributed by atoms with Crippen molar-refractivity contribution in [2.75, 3.05) is 32.8 Å². The standard InChI is InChI=1S/C25H36FN3O4/c1-2-33-24(31)16-22(20-7-3-4-8-21(20)26)28-23(30)17-29-15-5-6-19(25(29)32)10-9-18-11-13-27-14-12-18/h3-4,7-8,18-19,22,27H,2,5-6,9-17H2,1H3,(H,28,30). The zero-order valence-electron chi connectivity index (χ0n) is 19.5. The monoisotopic (exact) mass is 461 g/mol. The molecule has 2 amide bonds. The van der Waals surface area contributed by atoms with Crippen LogP contribution in [0.4, 0.5) is 4.39 Å². The van der Waals surface area contributed by atoms with Crippen molar-refractivity contribution in [3.8, 4) is 0 Å². The zero-order valence-corrected chi connectivity index (χ0v) is 19.5. The Labute approximate surface area is 195 Å². The predicted octanol–water partition coefficient (Wildman–Crippen LogP) is 2.95. The fraction of sp³-hybridized carbons (Fsp3) is 0.640. The van der Waals surface area contributed by atoms with Crippen molar-refractivity contribution in [2.45, 2.75) is 57.9 Å². The highest BCUT2D eigenvalue weighted by atomic mass is 19.1. The fourth-order valence-electron chi connectivity index (χ4n) is 4.85. The van der Waals surface area contributed by atoms with Crippen LogP contribution in [0.1, 0.15) is 63.5 Å². The summed E-state index contributed by atoms with van der Waals surface area (Å²) in [7, 11) is 0. The topological polar surface area (TPSA) is 87.7 Å². The van der Waals surface area contributed by atoms with Crippen LogP contribution in [0.3, 0.4) is 0 Å². The summed E-state index contributed by atoms with van der Waals surface area (Å²) in [5, 5.41) is 6.12. The molecule has 2 aliphatic heterocycles. The van der Waals surface area contributed by atoms with Crippen molar-refractivity contribution < 1.29 is 23.5 Å². The van der Waals surface area contributed by atoms with Crippen LogP contribution in [0.25, 0.3) is 0 Å². The highest BCUT2D eigenvalue weighted by molar-refractivity contribution is 5.86. The summed E-state index contributed by atoms with van der Waals surface area (Å²) in [5.74, 6) is -0.763.